The van der Waals surface area contributed by atoms with Crippen molar-refractivity contribution in [3.63, 3.8) is 0 Å². The van der Waals surface area contributed by atoms with Crippen molar-refractivity contribution in [2.75, 3.05) is 13.2 Å². The fraction of sp³-hybridized carbons (Fsp3) is 0.643. The second kappa shape index (κ2) is 9.07. The van der Waals surface area contributed by atoms with Crippen LogP contribution in [-0.2, 0) is 22.5 Å². The Balaban J connectivity index is 2.06. The lowest BCUT2D eigenvalue weighted by Crippen LogP contribution is -2.14. The van der Waals surface area contributed by atoms with Gasteiger partial charge < -0.3 is 15.2 Å². The maximum absolute atomic E-state index is 10.6. The molecule has 0 bridgehead atoms. The van der Waals surface area contributed by atoms with Crippen LogP contribution in [0.1, 0.15) is 36.4 Å². The number of thiophene rings is 1. The fourth-order valence-electron chi connectivity index (χ4n) is 1.64. The van der Waals surface area contributed by atoms with Crippen LogP contribution in [0.2, 0.25) is 0 Å². The minimum atomic E-state index is -0.772. The maximum Gasteiger partial charge on any atom is 0.308 e. The lowest BCUT2D eigenvalue weighted by molar-refractivity contribution is -0.136. The van der Waals surface area contributed by atoms with E-state index in [9.17, 15) is 4.79 Å². The number of hydrogen-bond acceptors (Lipinski definition) is 4. The van der Waals surface area contributed by atoms with E-state index >= 15 is 0 Å². The number of nitrogens with one attached hydrogen (secondary N) is 1. The number of rotatable bonds is 10. The number of carboxylic acids is 1. The molecular weight excluding hydrogens is 262 g/mol. The number of carboxylic acid groups (broad SMARTS) is 1. The van der Waals surface area contributed by atoms with E-state index in [1.807, 2.05) is 26.0 Å². The van der Waals surface area contributed by atoms with E-state index < -0.39 is 5.97 Å². The zero-order valence-corrected chi connectivity index (χ0v) is 12.5. The third-order valence-electron chi connectivity index (χ3n) is 2.54. The van der Waals surface area contributed by atoms with Gasteiger partial charge in [-0.25, -0.2) is 0 Å². The zero-order valence-electron chi connectivity index (χ0n) is 11.6. The SMILES string of the molecule is CC(C)OCCCCNCc1ccc(CC(=O)O)s1. The van der Waals surface area contributed by atoms with Gasteiger partial charge in [-0.1, -0.05) is 0 Å². The van der Waals surface area contributed by atoms with Crippen molar-refractivity contribution in [2.24, 2.45) is 0 Å². The number of hydrogen-bond donors (Lipinski definition) is 2. The summed E-state index contributed by atoms with van der Waals surface area (Å²) in [6.07, 6.45) is 2.60. The van der Waals surface area contributed by atoms with Gasteiger partial charge in [-0.2, -0.15) is 0 Å². The summed E-state index contributed by atoms with van der Waals surface area (Å²) in [5, 5.41) is 12.1. The Bertz CT molecular complexity index is 377. The summed E-state index contributed by atoms with van der Waals surface area (Å²) in [4.78, 5) is 12.7. The van der Waals surface area contributed by atoms with E-state index in [0.29, 0.717) is 6.10 Å². The van der Waals surface area contributed by atoms with Crippen LogP contribution in [-0.4, -0.2) is 30.3 Å². The molecule has 0 fully saturated rings. The maximum atomic E-state index is 10.6. The van der Waals surface area contributed by atoms with Gasteiger partial charge in [0.25, 0.3) is 0 Å². The van der Waals surface area contributed by atoms with Crippen molar-refractivity contribution in [1.82, 2.24) is 5.32 Å². The molecule has 0 saturated carbocycles. The Labute approximate surface area is 118 Å². The van der Waals surface area contributed by atoms with Crippen molar-refractivity contribution in [3.8, 4) is 0 Å². The minimum absolute atomic E-state index is 0.122. The smallest absolute Gasteiger partial charge is 0.308 e. The highest BCUT2D eigenvalue weighted by molar-refractivity contribution is 7.12. The first-order chi connectivity index (χ1) is 9.08. The van der Waals surface area contributed by atoms with Crippen LogP contribution in [0.5, 0.6) is 0 Å². The molecule has 108 valence electrons. The van der Waals surface area contributed by atoms with Gasteiger partial charge in [-0.05, 0) is 45.4 Å². The van der Waals surface area contributed by atoms with Gasteiger partial charge in [-0.15, -0.1) is 11.3 Å². The van der Waals surface area contributed by atoms with Crippen molar-refractivity contribution in [1.29, 1.82) is 0 Å². The quantitative estimate of drug-likeness (QED) is 0.649. The summed E-state index contributed by atoms with van der Waals surface area (Å²) in [5.74, 6) is -0.772. The Morgan fingerprint density at radius 2 is 2.11 bits per heavy atom. The molecule has 1 aromatic heterocycles. The zero-order chi connectivity index (χ0) is 14.1. The van der Waals surface area contributed by atoms with Gasteiger partial charge in [0.1, 0.15) is 0 Å². The second-order valence-electron chi connectivity index (χ2n) is 4.74. The van der Waals surface area contributed by atoms with Crippen LogP contribution in [0.15, 0.2) is 12.1 Å². The van der Waals surface area contributed by atoms with Crippen LogP contribution in [0, 0.1) is 0 Å². The number of unbranched alkanes of at least 4 members (excludes halogenated alkanes) is 1. The highest BCUT2D eigenvalue weighted by Gasteiger charge is 2.04. The molecule has 0 aliphatic rings. The standard InChI is InChI=1S/C14H23NO3S/c1-11(2)18-8-4-3-7-15-10-13-6-5-12(19-13)9-14(16)17/h5-6,11,15H,3-4,7-10H2,1-2H3,(H,16,17). The Kier molecular flexibility index (Phi) is 7.70. The van der Waals surface area contributed by atoms with Gasteiger partial charge in [0.2, 0.25) is 0 Å². The molecular formula is C14H23NO3S. The Morgan fingerprint density at radius 1 is 1.37 bits per heavy atom. The van der Waals surface area contributed by atoms with Crippen molar-refractivity contribution in [3.05, 3.63) is 21.9 Å². The molecule has 1 rings (SSSR count). The summed E-state index contributed by atoms with van der Waals surface area (Å²) >= 11 is 1.57. The average Bonchev–Trinajstić information content (AvgIpc) is 2.74. The van der Waals surface area contributed by atoms with E-state index in [0.717, 1.165) is 37.4 Å². The third kappa shape index (κ3) is 7.97. The molecule has 0 aromatic carbocycles. The molecule has 1 heterocycles. The van der Waals surface area contributed by atoms with Crippen LogP contribution >= 0.6 is 11.3 Å². The molecule has 0 unspecified atom stereocenters. The van der Waals surface area contributed by atoms with Gasteiger partial charge in [0, 0.05) is 22.9 Å². The van der Waals surface area contributed by atoms with Gasteiger partial charge in [-0.3, -0.25) is 4.79 Å². The normalized spacial score (nSPS) is 11.1. The molecule has 0 radical (unpaired) electrons. The summed E-state index contributed by atoms with van der Waals surface area (Å²) < 4.78 is 5.47. The minimum Gasteiger partial charge on any atom is -0.481 e. The number of carbonyl (C=O) groups is 1. The Hall–Kier alpha value is -0.910. The van der Waals surface area contributed by atoms with Gasteiger partial charge >= 0.3 is 5.97 Å². The van der Waals surface area contributed by atoms with E-state index in [4.69, 9.17) is 9.84 Å². The fourth-order valence-corrected chi connectivity index (χ4v) is 2.62. The lowest BCUT2D eigenvalue weighted by atomic mass is 10.3. The summed E-state index contributed by atoms with van der Waals surface area (Å²) in [5.41, 5.74) is 0. The van der Waals surface area contributed by atoms with Crippen LogP contribution in [0.4, 0.5) is 0 Å². The average molecular weight is 285 g/mol. The number of aliphatic carboxylic acids is 1. The highest BCUT2D eigenvalue weighted by Crippen LogP contribution is 2.16. The molecule has 0 aliphatic heterocycles. The van der Waals surface area contributed by atoms with E-state index in [1.165, 1.54) is 4.88 Å². The molecule has 0 atom stereocenters. The molecule has 0 spiro atoms. The molecule has 2 N–H and O–H groups in total. The molecule has 1 aromatic rings. The predicted octanol–water partition coefficient (Wildman–Crippen LogP) is 2.67. The molecule has 5 heteroatoms. The first kappa shape index (κ1) is 16.1. The third-order valence-corrected chi connectivity index (χ3v) is 3.63. The lowest BCUT2D eigenvalue weighted by Gasteiger charge is -2.07. The largest absolute Gasteiger partial charge is 0.481 e. The topological polar surface area (TPSA) is 58.6 Å². The molecule has 19 heavy (non-hydrogen) atoms. The monoisotopic (exact) mass is 285 g/mol. The van der Waals surface area contributed by atoms with E-state index in [1.54, 1.807) is 11.3 Å². The Morgan fingerprint density at radius 3 is 2.79 bits per heavy atom. The highest BCUT2D eigenvalue weighted by atomic mass is 32.1. The molecule has 0 saturated heterocycles. The van der Waals surface area contributed by atoms with Crippen LogP contribution in [0.3, 0.4) is 0 Å². The summed E-state index contributed by atoms with van der Waals surface area (Å²) in [6.45, 7) is 6.69. The first-order valence-electron chi connectivity index (χ1n) is 6.69. The molecule has 0 aliphatic carbocycles. The predicted molar refractivity (Wildman–Crippen MR) is 77.7 cm³/mol. The van der Waals surface area contributed by atoms with Crippen LogP contribution in [0.25, 0.3) is 0 Å². The van der Waals surface area contributed by atoms with Crippen LogP contribution < -0.4 is 5.32 Å². The van der Waals surface area contributed by atoms with Crippen molar-refractivity contribution < 1.29 is 14.6 Å². The van der Waals surface area contributed by atoms with Gasteiger partial charge in [0.15, 0.2) is 0 Å². The first-order valence-corrected chi connectivity index (χ1v) is 7.51. The second-order valence-corrected chi connectivity index (χ2v) is 5.99. The molecule has 4 nitrogen and oxygen atoms in total. The van der Waals surface area contributed by atoms with E-state index in [-0.39, 0.29) is 6.42 Å². The number of ether oxygens (including phenoxy) is 1. The van der Waals surface area contributed by atoms with E-state index in [2.05, 4.69) is 5.32 Å². The van der Waals surface area contributed by atoms with Gasteiger partial charge in [0.05, 0.1) is 12.5 Å². The molecule has 0 amide bonds. The van der Waals surface area contributed by atoms with Crippen molar-refractivity contribution in [2.45, 2.75) is 45.8 Å². The summed E-state index contributed by atoms with van der Waals surface area (Å²) in [6, 6.07) is 3.89. The van der Waals surface area contributed by atoms with Crippen molar-refractivity contribution >= 4 is 17.3 Å². The summed E-state index contributed by atoms with van der Waals surface area (Å²) in [7, 11) is 0.